The lowest BCUT2D eigenvalue weighted by Gasteiger charge is -2.13. The number of thiophene rings is 1. The van der Waals surface area contributed by atoms with Gasteiger partial charge in [0.05, 0.1) is 5.56 Å². The predicted octanol–water partition coefficient (Wildman–Crippen LogP) is 2.33. The quantitative estimate of drug-likeness (QED) is 0.667. The normalized spacial score (nSPS) is 11.3. The van der Waals surface area contributed by atoms with E-state index in [0.717, 1.165) is 0 Å². The molecule has 0 saturated carbocycles. The fraction of sp³-hybridized carbons (Fsp3) is 0.154. The van der Waals surface area contributed by atoms with E-state index in [1.54, 1.807) is 11.4 Å². The molecular weight excluding hydrogens is 308 g/mol. The predicted molar refractivity (Wildman–Crippen MR) is 78.6 cm³/mol. The Labute approximate surface area is 129 Å². The molecule has 8 nitrogen and oxygen atoms in total. The third kappa shape index (κ3) is 3.36. The topological polar surface area (TPSA) is 118 Å². The zero-order valence-corrected chi connectivity index (χ0v) is 12.2. The molecule has 1 N–H and O–H groups in total. The van der Waals surface area contributed by atoms with Gasteiger partial charge in [-0.05, 0) is 40.4 Å². The second kappa shape index (κ2) is 6.64. The molecule has 9 heteroatoms. The number of carbonyl (C=O) groups excluding carboxylic acids is 1. The number of nitro groups is 1. The maximum Gasteiger partial charge on any atom is 0.406 e. The number of carbonyl (C=O) groups is 1. The molecule has 0 fully saturated rings. The first-order chi connectivity index (χ1) is 10.5. The summed E-state index contributed by atoms with van der Waals surface area (Å²) in [6.45, 7) is 1.45. The molecule has 0 aliphatic heterocycles. The number of amides is 1. The van der Waals surface area contributed by atoms with Crippen LogP contribution in [-0.4, -0.2) is 21.9 Å². The van der Waals surface area contributed by atoms with Crippen molar-refractivity contribution in [2.24, 2.45) is 0 Å². The summed E-state index contributed by atoms with van der Waals surface area (Å²) in [5, 5.41) is 24.4. The largest absolute Gasteiger partial charge is 0.473 e. The Bertz CT molecular complexity index is 752. The zero-order chi connectivity index (χ0) is 16.1. The third-order valence-electron chi connectivity index (χ3n) is 2.62. The van der Waals surface area contributed by atoms with Gasteiger partial charge in [-0.3, -0.25) is 4.79 Å². The van der Waals surface area contributed by atoms with Gasteiger partial charge in [0.1, 0.15) is 17.3 Å². The monoisotopic (exact) mass is 318 g/mol. The first-order valence-corrected chi connectivity index (χ1v) is 6.95. The van der Waals surface area contributed by atoms with Crippen molar-refractivity contribution in [3.05, 3.63) is 45.5 Å². The second-order valence-electron chi connectivity index (χ2n) is 4.11. The molecule has 112 valence electrons. The molecule has 0 saturated heterocycles. The van der Waals surface area contributed by atoms with Crippen molar-refractivity contribution in [2.45, 2.75) is 13.0 Å². The molecule has 0 spiro atoms. The first-order valence-electron chi connectivity index (χ1n) is 6.07. The van der Waals surface area contributed by atoms with Gasteiger partial charge < -0.3 is 20.2 Å². The Morgan fingerprint density at radius 3 is 3.05 bits per heavy atom. The number of nitrogens with zero attached hydrogens (tertiary/aromatic N) is 3. The van der Waals surface area contributed by atoms with E-state index in [0.29, 0.717) is 10.6 Å². The highest BCUT2D eigenvalue weighted by atomic mass is 32.1. The molecule has 2 aromatic rings. The van der Waals surface area contributed by atoms with Gasteiger partial charge in [-0.2, -0.15) is 5.26 Å². The third-order valence-corrected chi connectivity index (χ3v) is 3.45. The Morgan fingerprint density at radius 1 is 1.59 bits per heavy atom. The van der Waals surface area contributed by atoms with Gasteiger partial charge >= 0.3 is 5.82 Å². The van der Waals surface area contributed by atoms with Crippen LogP contribution in [-0.2, 0) is 4.79 Å². The number of nitrogens with one attached hydrogen (secondary N) is 1. The van der Waals surface area contributed by atoms with Gasteiger partial charge in [0, 0.05) is 0 Å². The summed E-state index contributed by atoms with van der Waals surface area (Å²) in [6.07, 6.45) is 0.275. The van der Waals surface area contributed by atoms with Crippen LogP contribution < -0.4 is 10.1 Å². The summed E-state index contributed by atoms with van der Waals surface area (Å²) >= 11 is 1.20. The maximum absolute atomic E-state index is 12.0. The maximum atomic E-state index is 12.0. The van der Waals surface area contributed by atoms with Gasteiger partial charge in [0.15, 0.2) is 6.10 Å². The molecule has 2 aromatic heterocycles. The highest BCUT2D eigenvalue weighted by Crippen LogP contribution is 2.25. The number of pyridine rings is 1. The number of hydrogen-bond donors (Lipinski definition) is 1. The minimum absolute atomic E-state index is 0.0955. The molecule has 22 heavy (non-hydrogen) atoms. The molecule has 1 atom stereocenters. The van der Waals surface area contributed by atoms with E-state index in [1.165, 1.54) is 36.6 Å². The lowest BCUT2D eigenvalue weighted by molar-refractivity contribution is -0.390. The number of nitriles is 1. The minimum Gasteiger partial charge on any atom is -0.473 e. The van der Waals surface area contributed by atoms with E-state index in [9.17, 15) is 14.9 Å². The van der Waals surface area contributed by atoms with Crippen molar-refractivity contribution in [2.75, 3.05) is 5.32 Å². The molecule has 0 aromatic carbocycles. The van der Waals surface area contributed by atoms with Gasteiger partial charge in [0.25, 0.3) is 5.91 Å². The Hall–Kier alpha value is -2.99. The summed E-state index contributed by atoms with van der Waals surface area (Å²) in [5.41, 5.74) is 0.345. The fourth-order valence-corrected chi connectivity index (χ4v) is 2.30. The van der Waals surface area contributed by atoms with Gasteiger partial charge in [-0.15, -0.1) is 11.3 Å². The van der Waals surface area contributed by atoms with Crippen molar-refractivity contribution >= 4 is 28.1 Å². The summed E-state index contributed by atoms with van der Waals surface area (Å²) in [5.74, 6) is -1.07. The molecule has 0 aliphatic rings. The van der Waals surface area contributed by atoms with Crippen LogP contribution in [0.4, 0.5) is 10.8 Å². The molecule has 2 heterocycles. The van der Waals surface area contributed by atoms with Crippen LogP contribution in [0, 0.1) is 21.4 Å². The van der Waals surface area contributed by atoms with Crippen LogP contribution in [0.5, 0.6) is 5.75 Å². The van der Waals surface area contributed by atoms with Crippen molar-refractivity contribution < 1.29 is 14.5 Å². The van der Waals surface area contributed by atoms with Gasteiger partial charge in [0.2, 0.25) is 5.75 Å². The van der Waals surface area contributed by atoms with Crippen LogP contribution in [0.25, 0.3) is 0 Å². The molecule has 0 aliphatic carbocycles. The SMILES string of the molecule is C[C@@H](Oc1cccnc1[N+](=O)[O-])C(=O)Nc1sccc1C#N. The van der Waals surface area contributed by atoms with Crippen molar-refractivity contribution in [1.82, 2.24) is 4.98 Å². The molecule has 1 amide bonds. The first kappa shape index (κ1) is 15.4. The van der Waals surface area contributed by atoms with Crippen molar-refractivity contribution in [3.8, 4) is 11.8 Å². The van der Waals surface area contributed by atoms with Crippen LogP contribution in [0.3, 0.4) is 0 Å². The van der Waals surface area contributed by atoms with Crippen LogP contribution in [0.2, 0.25) is 0 Å². The Morgan fingerprint density at radius 2 is 2.36 bits per heavy atom. The standard InChI is InChI=1S/C13H10N4O4S/c1-8(12(18)16-13-9(7-14)4-6-22-13)21-10-3-2-5-15-11(10)17(19)20/h2-6,8H,1H3,(H,16,18)/t8-/m1/s1. The van der Waals surface area contributed by atoms with E-state index < -0.39 is 22.8 Å². The van der Waals surface area contributed by atoms with E-state index in [4.69, 9.17) is 10.00 Å². The van der Waals surface area contributed by atoms with Crippen LogP contribution in [0.15, 0.2) is 29.8 Å². The number of ether oxygens (including phenoxy) is 1. The highest BCUT2D eigenvalue weighted by molar-refractivity contribution is 7.14. The number of rotatable bonds is 5. The number of hydrogen-bond acceptors (Lipinski definition) is 7. The molecular formula is C13H10N4O4S. The molecule has 0 radical (unpaired) electrons. The Balaban J connectivity index is 2.10. The van der Waals surface area contributed by atoms with E-state index in [2.05, 4.69) is 10.3 Å². The second-order valence-corrected chi connectivity index (χ2v) is 5.02. The smallest absolute Gasteiger partial charge is 0.406 e. The minimum atomic E-state index is -0.989. The molecule has 0 bridgehead atoms. The van der Waals surface area contributed by atoms with E-state index >= 15 is 0 Å². The average molecular weight is 318 g/mol. The Kier molecular flexibility index (Phi) is 4.65. The van der Waals surface area contributed by atoms with E-state index in [1.807, 2.05) is 6.07 Å². The van der Waals surface area contributed by atoms with Crippen molar-refractivity contribution in [3.63, 3.8) is 0 Å². The van der Waals surface area contributed by atoms with Gasteiger partial charge in [-0.25, -0.2) is 0 Å². The van der Waals surface area contributed by atoms with Crippen LogP contribution in [0.1, 0.15) is 12.5 Å². The molecule has 2 rings (SSSR count). The summed E-state index contributed by atoms with van der Waals surface area (Å²) < 4.78 is 5.30. The molecule has 0 unspecified atom stereocenters. The number of aromatic nitrogens is 1. The average Bonchev–Trinajstić information content (AvgIpc) is 2.94. The zero-order valence-electron chi connectivity index (χ0n) is 11.3. The lowest BCUT2D eigenvalue weighted by Crippen LogP contribution is -2.30. The van der Waals surface area contributed by atoms with E-state index in [-0.39, 0.29) is 5.75 Å². The summed E-state index contributed by atoms with van der Waals surface area (Å²) in [7, 11) is 0. The van der Waals surface area contributed by atoms with Gasteiger partial charge in [-0.1, -0.05) is 0 Å². The highest BCUT2D eigenvalue weighted by Gasteiger charge is 2.22. The number of anilines is 1. The summed E-state index contributed by atoms with van der Waals surface area (Å²) in [4.78, 5) is 25.8. The summed E-state index contributed by atoms with van der Waals surface area (Å²) in [6, 6.07) is 6.36. The van der Waals surface area contributed by atoms with Crippen molar-refractivity contribution in [1.29, 1.82) is 5.26 Å². The van der Waals surface area contributed by atoms with Crippen LogP contribution >= 0.6 is 11.3 Å². The fourth-order valence-electron chi connectivity index (χ4n) is 1.56. The lowest BCUT2D eigenvalue weighted by atomic mass is 10.3.